The van der Waals surface area contributed by atoms with E-state index in [0.29, 0.717) is 0 Å². The number of fused-ring (bicyclic) bond motifs is 27. The number of nitrogens with zero attached hydrogens (tertiary/aromatic N) is 9. The summed E-state index contributed by atoms with van der Waals surface area (Å²) in [7, 11) is 0. The molecule has 0 aliphatic carbocycles. The van der Waals surface area contributed by atoms with Gasteiger partial charge in [-0.3, -0.25) is 0 Å². The number of hydrogen-bond acceptors (Lipinski definition) is 6. The fraction of sp³-hybridized carbons (Fsp3) is 0.0727. The van der Waals surface area contributed by atoms with Gasteiger partial charge in [-0.25, -0.2) is 29.9 Å². The Hall–Kier alpha value is -15.1. The average Bonchev–Trinajstić information content (AvgIpc) is 1.69. The minimum absolute atomic E-state index is 0.202. The fourth-order valence-corrected chi connectivity index (χ4v) is 18.7. The molecule has 0 radical (unpaired) electrons. The molecule has 9 nitrogen and oxygen atoms in total. The van der Waals surface area contributed by atoms with Gasteiger partial charge in [-0.15, -0.1) is 0 Å². The van der Waals surface area contributed by atoms with Gasteiger partial charge in [0.05, 0.1) is 100 Å². The highest BCUT2D eigenvalue weighted by Crippen LogP contribution is 2.44. The lowest BCUT2D eigenvalue weighted by atomic mass is 9.87. The van der Waals surface area contributed by atoms with Crippen LogP contribution in [0.15, 0.2) is 364 Å². The summed E-state index contributed by atoms with van der Waals surface area (Å²) in [5, 5.41) is 21.7. The second-order valence-corrected chi connectivity index (χ2v) is 32.6. The van der Waals surface area contributed by atoms with Crippen molar-refractivity contribution in [3.63, 3.8) is 0 Å². The summed E-state index contributed by atoms with van der Waals surface area (Å²) in [5.41, 5.74) is 25.1. The summed E-state index contributed by atoms with van der Waals surface area (Å²) in [6.45, 7) is 13.2. The Morgan fingerprint density at radius 2 is 0.445 bits per heavy atom. The zero-order valence-corrected chi connectivity index (χ0v) is 66.7. The maximum atomic E-state index is 5.47. The van der Waals surface area contributed by atoms with Crippen molar-refractivity contribution in [3.8, 4) is 50.8 Å². The summed E-state index contributed by atoms with van der Waals surface area (Å²) in [6, 6.07) is 129. The van der Waals surface area contributed by atoms with E-state index in [4.69, 9.17) is 29.9 Å². The van der Waals surface area contributed by atoms with Gasteiger partial charge in [0.1, 0.15) is 0 Å². The summed E-state index contributed by atoms with van der Waals surface area (Å²) < 4.78 is 7.07. The first kappa shape index (κ1) is 70.6. The molecule has 6 aromatic heterocycles. The van der Waals surface area contributed by atoms with E-state index in [1.807, 2.05) is 0 Å². The first-order valence-corrected chi connectivity index (χ1v) is 41.0. The number of aryl methyl sites for hydroxylation is 1. The zero-order chi connectivity index (χ0) is 79.7. The van der Waals surface area contributed by atoms with Gasteiger partial charge in [0, 0.05) is 104 Å². The summed E-state index contributed by atoms with van der Waals surface area (Å²) >= 11 is 0. The normalized spacial score (nSPS) is 12.0. The molecule has 0 saturated carbocycles. The van der Waals surface area contributed by atoms with Crippen LogP contribution in [0.4, 0.5) is 0 Å². The predicted octanol–water partition coefficient (Wildman–Crippen LogP) is 28.8. The molecule has 0 atom stereocenters. The van der Waals surface area contributed by atoms with Crippen molar-refractivity contribution in [1.29, 1.82) is 0 Å². The maximum absolute atomic E-state index is 5.47. The molecule has 0 saturated heterocycles. The van der Waals surface area contributed by atoms with Crippen molar-refractivity contribution in [3.05, 3.63) is 381 Å². The Balaban J connectivity index is 0.000000107. The van der Waals surface area contributed by atoms with Crippen LogP contribution in [0.25, 0.3) is 214 Å². The van der Waals surface area contributed by atoms with E-state index in [9.17, 15) is 0 Å². The van der Waals surface area contributed by atoms with Crippen molar-refractivity contribution >= 4 is 163 Å². The molecular weight excluding hydrogens is 1450 g/mol. The van der Waals surface area contributed by atoms with E-state index in [1.54, 1.807) is 0 Å². The second kappa shape index (κ2) is 28.1. The highest BCUT2D eigenvalue weighted by atomic mass is 15.0. The van der Waals surface area contributed by atoms with E-state index in [0.717, 1.165) is 133 Å². The van der Waals surface area contributed by atoms with Gasteiger partial charge in [0.25, 0.3) is 0 Å². The molecule has 0 bridgehead atoms. The first-order chi connectivity index (χ1) is 58.4. The number of rotatable bonds is 7. The molecule has 24 rings (SSSR count). The SMILES string of the molecule is CC(C)(C)c1nc2c3ccccc3c3ccccc3c2nc1-c1cccc(-n2c3ccccc3c3ccccc32)c1.CC(C)c1nc2c3ccccc3c3ccccc3c2nc1-c1cccc(-n2c3ccccc3c3ccccc32)c1.Cc1nc2c3ccccc3c3ccccc3c2nc1-c1cccc(-n2c3ccccc3c3ccccc32)c1. The van der Waals surface area contributed by atoms with Gasteiger partial charge < -0.3 is 13.7 Å². The number of hydrogen-bond donors (Lipinski definition) is 0. The van der Waals surface area contributed by atoms with E-state index in [1.165, 1.54) is 97.7 Å². The first-order valence-electron chi connectivity index (χ1n) is 41.0. The maximum Gasteiger partial charge on any atom is 0.0979 e. The van der Waals surface area contributed by atoms with E-state index < -0.39 is 0 Å². The highest BCUT2D eigenvalue weighted by Gasteiger charge is 2.27. The van der Waals surface area contributed by atoms with Crippen molar-refractivity contribution in [1.82, 2.24) is 43.6 Å². The molecule has 0 unspecified atom stereocenters. The summed E-state index contributed by atoms with van der Waals surface area (Å²) in [5.74, 6) is 0.217. The fourth-order valence-electron chi connectivity index (χ4n) is 18.7. The van der Waals surface area contributed by atoms with E-state index in [2.05, 4.69) is 419 Å². The molecule has 564 valence electrons. The van der Waals surface area contributed by atoms with Gasteiger partial charge in [0.2, 0.25) is 0 Å². The lowest BCUT2D eigenvalue weighted by molar-refractivity contribution is 0.571. The Kier molecular flexibility index (Phi) is 16.7. The molecule has 24 aromatic rings. The van der Waals surface area contributed by atoms with Crippen LogP contribution in [-0.2, 0) is 5.41 Å². The minimum atomic E-state index is -0.202. The van der Waals surface area contributed by atoms with Crippen LogP contribution in [0.3, 0.4) is 0 Å². The lowest BCUT2D eigenvalue weighted by Crippen LogP contribution is -2.16. The van der Waals surface area contributed by atoms with Crippen molar-refractivity contribution in [2.45, 2.75) is 52.9 Å². The number of benzene rings is 18. The molecular formula is C110H79N9. The second-order valence-electron chi connectivity index (χ2n) is 32.6. The Labute approximate surface area is 687 Å². The van der Waals surface area contributed by atoms with E-state index in [-0.39, 0.29) is 11.3 Å². The third kappa shape index (κ3) is 11.6. The topological polar surface area (TPSA) is 92.1 Å². The van der Waals surface area contributed by atoms with Crippen molar-refractivity contribution in [2.24, 2.45) is 0 Å². The van der Waals surface area contributed by atoms with Gasteiger partial charge >= 0.3 is 0 Å². The van der Waals surface area contributed by atoms with Gasteiger partial charge in [-0.1, -0.05) is 326 Å². The number of para-hydroxylation sites is 6. The molecule has 119 heavy (non-hydrogen) atoms. The van der Waals surface area contributed by atoms with Crippen LogP contribution in [-0.4, -0.2) is 43.6 Å². The van der Waals surface area contributed by atoms with E-state index >= 15 is 0 Å². The number of aromatic nitrogens is 9. The van der Waals surface area contributed by atoms with Crippen LogP contribution < -0.4 is 0 Å². The van der Waals surface area contributed by atoms with Crippen LogP contribution in [0, 0.1) is 6.92 Å². The molecule has 0 fully saturated rings. The third-order valence-electron chi connectivity index (χ3n) is 24.0. The Bertz CT molecular complexity index is 8140. The minimum Gasteiger partial charge on any atom is -0.309 e. The molecule has 9 heteroatoms. The quantitative estimate of drug-likeness (QED) is 0.148. The highest BCUT2D eigenvalue weighted by molar-refractivity contribution is 6.26. The molecule has 0 aliphatic rings. The molecule has 18 aromatic carbocycles. The third-order valence-corrected chi connectivity index (χ3v) is 24.0. The molecule has 0 spiro atoms. The molecule has 0 N–H and O–H groups in total. The van der Waals surface area contributed by atoms with Crippen LogP contribution in [0.5, 0.6) is 0 Å². The zero-order valence-electron chi connectivity index (χ0n) is 66.7. The summed E-state index contributed by atoms with van der Waals surface area (Å²) in [6.07, 6.45) is 0. The average molecular weight is 1530 g/mol. The largest absolute Gasteiger partial charge is 0.309 e. The summed E-state index contributed by atoms with van der Waals surface area (Å²) in [4.78, 5) is 32.1. The molecule has 0 amide bonds. The lowest BCUT2D eigenvalue weighted by Gasteiger charge is -2.23. The monoisotopic (exact) mass is 1530 g/mol. The predicted molar refractivity (Wildman–Crippen MR) is 501 cm³/mol. The van der Waals surface area contributed by atoms with Crippen LogP contribution in [0.1, 0.15) is 57.6 Å². The Morgan fingerprint density at radius 1 is 0.218 bits per heavy atom. The van der Waals surface area contributed by atoms with Gasteiger partial charge in [0.15, 0.2) is 0 Å². The van der Waals surface area contributed by atoms with Crippen LogP contribution in [0.2, 0.25) is 0 Å². The smallest absolute Gasteiger partial charge is 0.0979 e. The van der Waals surface area contributed by atoms with Crippen molar-refractivity contribution < 1.29 is 0 Å². The van der Waals surface area contributed by atoms with Crippen LogP contribution >= 0.6 is 0 Å². The Morgan fingerprint density at radius 3 is 0.739 bits per heavy atom. The molecule has 6 heterocycles. The van der Waals surface area contributed by atoms with Gasteiger partial charge in [-0.05, 0) is 118 Å². The standard InChI is InChI=1S/C38H29N3.C37H27N3.C35H23N3/c1-38(2,3)37-34(39-35-30-19-6-4-15-26(30)27-16-5-7-20-31(27)36(35)40-37)24-13-12-14-25(23-24)41-32-21-10-8-17-28(32)29-18-9-11-22-33(29)41;1-23(2)34-35(39-37-31-19-6-4-15-27(31)26-14-3-5-18-30(26)36(37)38-34)24-12-11-13-25(22-24)40-32-20-9-7-16-28(32)29-17-8-10-21-33(29)40;1-22-33(37-35-30-18-5-3-14-26(30)25-13-2-4-17-29(25)34(35)36-22)23-11-10-12-24(21-23)38-31-19-8-6-15-27(31)28-16-7-9-20-32(28)38/h4-23H,1-3H3;3-23H,1-2H3;2-21H,1H3. The van der Waals surface area contributed by atoms with Crippen molar-refractivity contribution in [2.75, 3.05) is 0 Å². The molecule has 0 aliphatic heterocycles. The van der Waals surface area contributed by atoms with Gasteiger partial charge in [-0.2, -0.15) is 0 Å².